The van der Waals surface area contributed by atoms with Crippen molar-refractivity contribution >= 4 is 16.0 Å². The summed E-state index contributed by atoms with van der Waals surface area (Å²) in [5, 5.41) is 8.54. The Bertz CT molecular complexity index is 432. The van der Waals surface area contributed by atoms with Gasteiger partial charge in [0.05, 0.1) is 11.4 Å². The summed E-state index contributed by atoms with van der Waals surface area (Å²) in [6, 6.07) is 0. The standard InChI is InChI=1S/C12H23NO5S/c1-11(2,3)5-6-19(16,17)13-8-12(4,9-13)18-7-10(14)15/h5-9H2,1-4H3,(H,14,15). The topological polar surface area (TPSA) is 83.9 Å². The van der Waals surface area contributed by atoms with Gasteiger partial charge in [0.2, 0.25) is 10.0 Å². The van der Waals surface area contributed by atoms with Crippen LogP contribution in [0.5, 0.6) is 0 Å². The summed E-state index contributed by atoms with van der Waals surface area (Å²) < 4.78 is 30.6. The van der Waals surface area contributed by atoms with Crippen molar-refractivity contribution in [2.75, 3.05) is 25.4 Å². The summed E-state index contributed by atoms with van der Waals surface area (Å²) in [5.74, 6) is -0.929. The molecule has 1 aliphatic heterocycles. The van der Waals surface area contributed by atoms with E-state index < -0.39 is 28.2 Å². The van der Waals surface area contributed by atoms with Crippen LogP contribution in [-0.2, 0) is 19.6 Å². The Morgan fingerprint density at radius 1 is 1.37 bits per heavy atom. The molecule has 0 aliphatic carbocycles. The van der Waals surface area contributed by atoms with E-state index in [0.717, 1.165) is 0 Å². The molecular formula is C12H23NO5S. The molecule has 6 nitrogen and oxygen atoms in total. The molecule has 1 heterocycles. The normalized spacial score (nSPS) is 20.0. The third kappa shape index (κ3) is 5.08. The van der Waals surface area contributed by atoms with Gasteiger partial charge in [-0.3, -0.25) is 0 Å². The fourth-order valence-corrected chi connectivity index (χ4v) is 3.86. The van der Waals surface area contributed by atoms with E-state index in [1.165, 1.54) is 4.31 Å². The number of carboxylic acid groups (broad SMARTS) is 1. The molecule has 112 valence electrons. The van der Waals surface area contributed by atoms with Crippen LogP contribution in [0.1, 0.15) is 34.1 Å². The maximum absolute atomic E-state index is 12.0. The van der Waals surface area contributed by atoms with Crippen LogP contribution < -0.4 is 0 Å². The molecule has 0 atom stereocenters. The van der Waals surface area contributed by atoms with Crippen LogP contribution in [0.2, 0.25) is 0 Å². The summed E-state index contributed by atoms with van der Waals surface area (Å²) in [6.07, 6.45) is 0.596. The number of sulfonamides is 1. The first-order valence-electron chi connectivity index (χ1n) is 6.27. The van der Waals surface area contributed by atoms with E-state index in [1.54, 1.807) is 6.92 Å². The number of hydrogen-bond acceptors (Lipinski definition) is 4. The molecule has 1 aliphatic rings. The average molecular weight is 293 g/mol. The highest BCUT2D eigenvalue weighted by molar-refractivity contribution is 7.89. The second kappa shape index (κ2) is 5.38. The van der Waals surface area contributed by atoms with Crippen molar-refractivity contribution in [2.24, 2.45) is 5.41 Å². The van der Waals surface area contributed by atoms with E-state index in [2.05, 4.69) is 0 Å². The van der Waals surface area contributed by atoms with Crippen molar-refractivity contribution < 1.29 is 23.1 Å². The fourth-order valence-electron chi connectivity index (χ4n) is 1.79. The number of nitrogens with zero attached hydrogens (tertiary/aromatic N) is 1. The lowest BCUT2D eigenvalue weighted by Gasteiger charge is -2.46. The molecule has 0 bridgehead atoms. The van der Waals surface area contributed by atoms with E-state index in [1.807, 2.05) is 20.8 Å². The summed E-state index contributed by atoms with van der Waals surface area (Å²) in [7, 11) is -3.26. The van der Waals surface area contributed by atoms with Crippen molar-refractivity contribution in [3.05, 3.63) is 0 Å². The van der Waals surface area contributed by atoms with Gasteiger partial charge in [-0.15, -0.1) is 0 Å². The number of rotatable bonds is 6. The minimum atomic E-state index is -3.26. The Hall–Kier alpha value is -0.660. The van der Waals surface area contributed by atoms with Crippen LogP contribution in [-0.4, -0.2) is 54.8 Å². The number of ether oxygens (including phenoxy) is 1. The maximum atomic E-state index is 12.0. The molecule has 0 spiro atoms. The SMILES string of the molecule is CC(C)(C)CCS(=O)(=O)N1CC(C)(OCC(=O)O)C1. The van der Waals surface area contributed by atoms with Crippen molar-refractivity contribution in [1.82, 2.24) is 4.31 Å². The Morgan fingerprint density at radius 2 is 1.89 bits per heavy atom. The smallest absolute Gasteiger partial charge is 0.329 e. The second-order valence-electron chi connectivity index (χ2n) is 6.53. The van der Waals surface area contributed by atoms with Crippen LogP contribution in [0.15, 0.2) is 0 Å². The number of aliphatic carboxylic acids is 1. The monoisotopic (exact) mass is 293 g/mol. The molecule has 0 aromatic heterocycles. The molecule has 0 aromatic carbocycles. The summed E-state index contributed by atoms with van der Waals surface area (Å²) in [4.78, 5) is 10.4. The Kier molecular flexibility index (Phi) is 4.64. The second-order valence-corrected chi connectivity index (χ2v) is 8.62. The lowest BCUT2D eigenvalue weighted by molar-refractivity contribution is -0.157. The van der Waals surface area contributed by atoms with Crippen LogP contribution in [0, 0.1) is 5.41 Å². The molecule has 7 heteroatoms. The van der Waals surface area contributed by atoms with Crippen molar-refractivity contribution in [3.8, 4) is 0 Å². The van der Waals surface area contributed by atoms with Crippen LogP contribution in [0.3, 0.4) is 0 Å². The quantitative estimate of drug-likeness (QED) is 0.787. The minimum absolute atomic E-state index is 0.0267. The van der Waals surface area contributed by atoms with E-state index in [-0.39, 0.29) is 24.3 Å². The molecule has 0 radical (unpaired) electrons. The van der Waals surface area contributed by atoms with Gasteiger partial charge in [0.25, 0.3) is 0 Å². The first-order chi connectivity index (χ1) is 8.44. The van der Waals surface area contributed by atoms with Crippen molar-refractivity contribution in [2.45, 2.75) is 39.7 Å². The van der Waals surface area contributed by atoms with Crippen LogP contribution >= 0.6 is 0 Å². The number of carbonyl (C=O) groups is 1. The molecule has 1 N–H and O–H groups in total. The Balaban J connectivity index is 2.46. The Labute approximate surface area is 114 Å². The Morgan fingerprint density at radius 3 is 2.32 bits per heavy atom. The van der Waals surface area contributed by atoms with Gasteiger partial charge in [0.1, 0.15) is 6.61 Å². The predicted molar refractivity (Wildman–Crippen MR) is 71.4 cm³/mol. The van der Waals surface area contributed by atoms with Gasteiger partial charge in [-0.1, -0.05) is 20.8 Å². The van der Waals surface area contributed by atoms with E-state index in [9.17, 15) is 13.2 Å². The number of hydrogen-bond donors (Lipinski definition) is 1. The van der Waals surface area contributed by atoms with Gasteiger partial charge in [-0.2, -0.15) is 4.31 Å². The highest BCUT2D eigenvalue weighted by Crippen LogP contribution is 2.29. The average Bonchev–Trinajstić information content (AvgIpc) is 2.19. The van der Waals surface area contributed by atoms with Crippen LogP contribution in [0.4, 0.5) is 0 Å². The molecule has 19 heavy (non-hydrogen) atoms. The zero-order valence-corrected chi connectivity index (χ0v) is 12.8. The maximum Gasteiger partial charge on any atom is 0.329 e. The lowest BCUT2D eigenvalue weighted by Crippen LogP contribution is -2.63. The van der Waals surface area contributed by atoms with E-state index in [4.69, 9.17) is 9.84 Å². The van der Waals surface area contributed by atoms with Crippen LogP contribution in [0.25, 0.3) is 0 Å². The van der Waals surface area contributed by atoms with Crippen molar-refractivity contribution in [1.29, 1.82) is 0 Å². The fraction of sp³-hybridized carbons (Fsp3) is 0.917. The summed E-state index contributed by atoms with van der Waals surface area (Å²) >= 11 is 0. The molecule has 0 saturated carbocycles. The minimum Gasteiger partial charge on any atom is -0.480 e. The molecule has 0 unspecified atom stereocenters. The van der Waals surface area contributed by atoms with Crippen molar-refractivity contribution in [3.63, 3.8) is 0 Å². The third-order valence-electron chi connectivity index (χ3n) is 3.07. The molecular weight excluding hydrogens is 270 g/mol. The summed E-state index contributed by atoms with van der Waals surface area (Å²) in [5.41, 5.74) is -0.700. The lowest BCUT2D eigenvalue weighted by atomic mass is 9.94. The molecule has 0 aromatic rings. The van der Waals surface area contributed by atoms with E-state index >= 15 is 0 Å². The van der Waals surface area contributed by atoms with Gasteiger partial charge in [-0.05, 0) is 18.8 Å². The molecule has 1 rings (SSSR count). The molecule has 1 saturated heterocycles. The highest BCUT2D eigenvalue weighted by Gasteiger charge is 2.45. The largest absolute Gasteiger partial charge is 0.480 e. The highest BCUT2D eigenvalue weighted by atomic mass is 32.2. The van der Waals surface area contributed by atoms with Gasteiger partial charge in [-0.25, -0.2) is 13.2 Å². The molecule has 1 fully saturated rings. The predicted octanol–water partition coefficient (Wildman–Crippen LogP) is 0.928. The van der Waals surface area contributed by atoms with Gasteiger partial charge in [0.15, 0.2) is 0 Å². The van der Waals surface area contributed by atoms with Gasteiger partial charge >= 0.3 is 5.97 Å². The van der Waals surface area contributed by atoms with Gasteiger partial charge < -0.3 is 9.84 Å². The first-order valence-corrected chi connectivity index (χ1v) is 7.88. The zero-order chi connectivity index (χ0) is 14.9. The van der Waals surface area contributed by atoms with Gasteiger partial charge in [0, 0.05) is 13.1 Å². The first kappa shape index (κ1) is 16.4. The van der Waals surface area contributed by atoms with E-state index in [0.29, 0.717) is 6.42 Å². The summed E-state index contributed by atoms with van der Waals surface area (Å²) in [6.45, 7) is 7.79. The third-order valence-corrected chi connectivity index (χ3v) is 4.83. The molecule has 0 amide bonds. The zero-order valence-electron chi connectivity index (χ0n) is 12.0. The number of carboxylic acids is 1.